The Balaban J connectivity index is 2.32. The summed E-state index contributed by atoms with van der Waals surface area (Å²) in [5.74, 6) is -0.679. The topological polar surface area (TPSA) is 96.1 Å². The molecule has 0 bridgehead atoms. The van der Waals surface area contributed by atoms with Crippen molar-refractivity contribution < 1.29 is 13.2 Å². The van der Waals surface area contributed by atoms with E-state index in [2.05, 4.69) is 4.98 Å². The highest BCUT2D eigenvalue weighted by Crippen LogP contribution is 2.26. The van der Waals surface area contributed by atoms with Gasteiger partial charge in [-0.15, -0.1) is 0 Å². The van der Waals surface area contributed by atoms with E-state index in [0.717, 1.165) is 3.97 Å². The molecule has 0 spiro atoms. The van der Waals surface area contributed by atoms with E-state index in [0.29, 0.717) is 10.9 Å². The van der Waals surface area contributed by atoms with Crippen molar-refractivity contribution in [2.24, 2.45) is 0 Å². The van der Waals surface area contributed by atoms with E-state index in [9.17, 15) is 18.5 Å². The zero-order valence-corrected chi connectivity index (χ0v) is 15.5. The molecule has 27 heavy (non-hydrogen) atoms. The molecule has 8 heteroatoms. The molecule has 3 aromatic rings. The van der Waals surface area contributed by atoms with Gasteiger partial charge in [0, 0.05) is 38.1 Å². The summed E-state index contributed by atoms with van der Waals surface area (Å²) in [6.07, 6.45) is 4.29. The Labute approximate surface area is 156 Å². The van der Waals surface area contributed by atoms with Crippen LogP contribution < -0.4 is 0 Å². The molecule has 1 aromatic carbocycles. The molecule has 0 aliphatic carbocycles. The number of pyridine rings is 1. The Hall–Kier alpha value is -3.44. The SMILES string of the molecule is CN(C)/C=C(\C#N)C(=O)c1cc2cnccc2n1S(=O)(=O)c1ccccc1. The number of carbonyl (C=O) groups is 1. The maximum atomic E-state index is 13.2. The maximum absolute atomic E-state index is 13.2. The second-order valence-electron chi connectivity index (χ2n) is 5.99. The van der Waals surface area contributed by atoms with E-state index in [4.69, 9.17) is 0 Å². The number of allylic oxidation sites excluding steroid dienone is 1. The van der Waals surface area contributed by atoms with Crippen LogP contribution in [0.4, 0.5) is 0 Å². The van der Waals surface area contributed by atoms with Gasteiger partial charge in [0.1, 0.15) is 17.3 Å². The summed E-state index contributed by atoms with van der Waals surface area (Å²) >= 11 is 0. The largest absolute Gasteiger partial charge is 0.382 e. The number of Topliss-reactive ketones (excluding diaryl/α,β-unsaturated/α-hetero) is 1. The molecule has 0 fully saturated rings. The molecule has 0 saturated heterocycles. The first kappa shape index (κ1) is 18.4. The van der Waals surface area contributed by atoms with E-state index in [1.54, 1.807) is 37.2 Å². The van der Waals surface area contributed by atoms with Gasteiger partial charge < -0.3 is 4.90 Å². The summed E-state index contributed by atoms with van der Waals surface area (Å²) in [6.45, 7) is 0. The van der Waals surface area contributed by atoms with Gasteiger partial charge in [0.2, 0.25) is 5.78 Å². The minimum absolute atomic E-state index is 0.0449. The number of aromatic nitrogens is 2. The van der Waals surface area contributed by atoms with Crippen LogP contribution in [0.5, 0.6) is 0 Å². The highest BCUT2D eigenvalue weighted by atomic mass is 32.2. The monoisotopic (exact) mass is 380 g/mol. The number of benzene rings is 1. The minimum atomic E-state index is -4.05. The third kappa shape index (κ3) is 3.32. The Morgan fingerprint density at radius 3 is 2.56 bits per heavy atom. The summed E-state index contributed by atoms with van der Waals surface area (Å²) in [4.78, 5) is 18.5. The first-order valence-corrected chi connectivity index (χ1v) is 9.39. The van der Waals surface area contributed by atoms with Crippen molar-refractivity contribution in [3.8, 4) is 6.07 Å². The molecule has 0 aliphatic rings. The minimum Gasteiger partial charge on any atom is -0.382 e. The highest BCUT2D eigenvalue weighted by molar-refractivity contribution is 7.90. The fraction of sp³-hybridized carbons (Fsp3) is 0.105. The highest BCUT2D eigenvalue weighted by Gasteiger charge is 2.28. The third-order valence-electron chi connectivity index (χ3n) is 3.82. The molecule has 0 atom stereocenters. The molecule has 2 heterocycles. The Morgan fingerprint density at radius 2 is 1.93 bits per heavy atom. The van der Waals surface area contributed by atoms with Crippen LogP contribution >= 0.6 is 0 Å². The van der Waals surface area contributed by atoms with E-state index >= 15 is 0 Å². The average molecular weight is 380 g/mol. The number of fused-ring (bicyclic) bond motifs is 1. The van der Waals surface area contributed by atoms with Crippen molar-refractivity contribution in [2.75, 3.05) is 14.1 Å². The van der Waals surface area contributed by atoms with E-state index in [1.165, 1.54) is 42.9 Å². The van der Waals surface area contributed by atoms with Gasteiger partial charge in [0.15, 0.2) is 0 Å². The van der Waals surface area contributed by atoms with Gasteiger partial charge in [-0.25, -0.2) is 12.4 Å². The van der Waals surface area contributed by atoms with E-state index in [-0.39, 0.29) is 16.2 Å². The van der Waals surface area contributed by atoms with Crippen LogP contribution in [-0.2, 0) is 10.0 Å². The van der Waals surface area contributed by atoms with Crippen molar-refractivity contribution in [2.45, 2.75) is 4.90 Å². The number of nitriles is 1. The molecule has 0 amide bonds. The summed E-state index contributed by atoms with van der Waals surface area (Å²) < 4.78 is 27.5. The third-order valence-corrected chi connectivity index (χ3v) is 5.57. The summed E-state index contributed by atoms with van der Waals surface area (Å²) in [6, 6.07) is 12.6. The molecule has 136 valence electrons. The Morgan fingerprint density at radius 1 is 1.22 bits per heavy atom. The lowest BCUT2D eigenvalue weighted by Gasteiger charge is -2.12. The molecular formula is C19H16N4O3S. The van der Waals surface area contributed by atoms with Gasteiger partial charge in [-0.05, 0) is 24.3 Å². The number of hydrogen-bond donors (Lipinski definition) is 0. The van der Waals surface area contributed by atoms with Crippen LogP contribution in [0.3, 0.4) is 0 Å². The number of ketones is 1. The van der Waals surface area contributed by atoms with Gasteiger partial charge in [-0.3, -0.25) is 9.78 Å². The predicted molar refractivity (Wildman–Crippen MR) is 100 cm³/mol. The lowest BCUT2D eigenvalue weighted by molar-refractivity contribution is 0.103. The molecular weight excluding hydrogens is 364 g/mol. The normalized spacial score (nSPS) is 12.0. The summed E-state index contributed by atoms with van der Waals surface area (Å²) in [7, 11) is -0.707. The predicted octanol–water partition coefficient (Wildman–Crippen LogP) is 2.43. The van der Waals surface area contributed by atoms with Crippen LogP contribution in [0.2, 0.25) is 0 Å². The maximum Gasteiger partial charge on any atom is 0.268 e. The first-order valence-electron chi connectivity index (χ1n) is 7.95. The summed E-state index contributed by atoms with van der Waals surface area (Å²) in [5.41, 5.74) is 0.0381. The van der Waals surface area contributed by atoms with Gasteiger partial charge in [-0.1, -0.05) is 18.2 Å². The van der Waals surface area contributed by atoms with Crippen molar-refractivity contribution in [1.29, 1.82) is 5.26 Å². The van der Waals surface area contributed by atoms with Crippen molar-refractivity contribution in [3.63, 3.8) is 0 Å². The lowest BCUT2D eigenvalue weighted by atomic mass is 10.1. The van der Waals surface area contributed by atoms with Crippen LogP contribution in [0.15, 0.2) is 71.5 Å². The molecule has 0 radical (unpaired) electrons. The summed E-state index contributed by atoms with van der Waals surface area (Å²) in [5, 5.41) is 9.84. The van der Waals surface area contributed by atoms with Gasteiger partial charge in [0.25, 0.3) is 10.0 Å². The van der Waals surface area contributed by atoms with Crippen LogP contribution in [-0.4, -0.2) is 42.2 Å². The van der Waals surface area contributed by atoms with Crippen LogP contribution in [0.25, 0.3) is 10.9 Å². The van der Waals surface area contributed by atoms with Crippen molar-refractivity contribution in [1.82, 2.24) is 13.9 Å². The van der Waals surface area contributed by atoms with Crippen LogP contribution in [0, 0.1) is 11.3 Å². The molecule has 2 aromatic heterocycles. The number of rotatable bonds is 5. The van der Waals surface area contributed by atoms with Gasteiger partial charge in [-0.2, -0.15) is 5.26 Å². The Bertz CT molecular complexity index is 1190. The van der Waals surface area contributed by atoms with Gasteiger partial charge >= 0.3 is 0 Å². The fourth-order valence-corrected chi connectivity index (χ4v) is 4.21. The fourth-order valence-electron chi connectivity index (χ4n) is 2.68. The number of nitrogens with zero attached hydrogens (tertiary/aromatic N) is 4. The van der Waals surface area contributed by atoms with E-state index < -0.39 is 15.8 Å². The standard InChI is InChI=1S/C19H16N4O3S/c1-22(2)13-15(11-20)19(24)18-10-14-12-21-9-8-17(14)23(18)27(25,26)16-6-4-3-5-7-16/h3-10,12-13H,1-2H3/b15-13+. The average Bonchev–Trinajstić information content (AvgIpc) is 3.06. The first-order chi connectivity index (χ1) is 12.9. The number of hydrogen-bond acceptors (Lipinski definition) is 6. The lowest BCUT2D eigenvalue weighted by Crippen LogP contribution is -2.20. The molecule has 3 rings (SSSR count). The molecule has 0 unspecified atom stereocenters. The number of carbonyl (C=O) groups excluding carboxylic acids is 1. The second-order valence-corrected chi connectivity index (χ2v) is 7.78. The quantitative estimate of drug-likeness (QED) is 0.383. The molecule has 0 aliphatic heterocycles. The Kier molecular flexibility index (Phi) is 4.79. The zero-order valence-electron chi connectivity index (χ0n) is 14.7. The second kappa shape index (κ2) is 7.05. The van der Waals surface area contributed by atoms with Gasteiger partial charge in [0.05, 0.1) is 10.4 Å². The molecule has 7 nitrogen and oxygen atoms in total. The molecule has 0 N–H and O–H groups in total. The van der Waals surface area contributed by atoms with E-state index in [1.807, 2.05) is 6.07 Å². The van der Waals surface area contributed by atoms with Crippen LogP contribution in [0.1, 0.15) is 10.5 Å². The smallest absolute Gasteiger partial charge is 0.268 e. The van der Waals surface area contributed by atoms with Crippen molar-refractivity contribution in [3.05, 3.63) is 72.3 Å². The van der Waals surface area contributed by atoms with Crippen molar-refractivity contribution >= 4 is 26.7 Å². The zero-order chi connectivity index (χ0) is 19.6. The molecule has 0 saturated carbocycles.